The molecule has 0 radical (unpaired) electrons. The third kappa shape index (κ3) is 5.46. The molecule has 0 atom stereocenters. The number of carbonyl (C=O) groups is 1. The molecule has 0 spiro atoms. The maximum atomic E-state index is 13.5. The van der Waals surface area contributed by atoms with Gasteiger partial charge in [0.25, 0.3) is 10.0 Å². The van der Waals surface area contributed by atoms with Crippen LogP contribution in [0, 0.1) is 5.92 Å². The van der Waals surface area contributed by atoms with Crippen molar-refractivity contribution in [2.75, 3.05) is 19.6 Å². The Morgan fingerprint density at radius 1 is 0.906 bits per heavy atom. The van der Waals surface area contributed by atoms with E-state index in [2.05, 4.69) is 12.1 Å². The smallest absolute Gasteiger partial charge is 0.252 e. The Labute approximate surface area is 194 Å². The number of thiophene rings is 1. The van der Waals surface area contributed by atoms with Crippen LogP contribution in [0.25, 0.3) is 0 Å². The quantitative estimate of drug-likeness (QED) is 0.492. The fourth-order valence-electron chi connectivity index (χ4n) is 4.12. The first-order valence-electron chi connectivity index (χ1n) is 10.9. The highest BCUT2D eigenvalue weighted by Gasteiger charge is 2.34. The molecule has 1 aromatic heterocycles. The van der Waals surface area contributed by atoms with Crippen molar-refractivity contribution >= 4 is 27.3 Å². The van der Waals surface area contributed by atoms with Crippen LogP contribution in [0.3, 0.4) is 0 Å². The molecule has 0 unspecified atom stereocenters. The first-order chi connectivity index (χ1) is 15.5. The van der Waals surface area contributed by atoms with E-state index in [-0.39, 0.29) is 11.8 Å². The van der Waals surface area contributed by atoms with Crippen LogP contribution >= 0.6 is 11.3 Å². The molecule has 3 aromatic rings. The summed E-state index contributed by atoms with van der Waals surface area (Å²) in [5, 5.41) is 1.78. The van der Waals surface area contributed by atoms with Gasteiger partial charge in [0.1, 0.15) is 4.21 Å². The number of sulfonamides is 1. The fourth-order valence-corrected chi connectivity index (χ4v) is 6.73. The highest BCUT2D eigenvalue weighted by atomic mass is 32.2. The van der Waals surface area contributed by atoms with E-state index < -0.39 is 10.0 Å². The van der Waals surface area contributed by atoms with Crippen LogP contribution in [0.1, 0.15) is 24.0 Å². The minimum atomic E-state index is -3.46. The Morgan fingerprint density at radius 3 is 2.12 bits per heavy atom. The summed E-state index contributed by atoms with van der Waals surface area (Å²) in [5.41, 5.74) is 2.31. The molecule has 0 aliphatic carbocycles. The van der Waals surface area contributed by atoms with Crippen LogP contribution in [0.15, 0.2) is 82.4 Å². The normalized spacial score (nSPS) is 15.5. The van der Waals surface area contributed by atoms with Crippen molar-refractivity contribution in [1.82, 2.24) is 9.21 Å². The predicted molar refractivity (Wildman–Crippen MR) is 128 cm³/mol. The lowest BCUT2D eigenvalue weighted by Crippen LogP contribution is -2.44. The van der Waals surface area contributed by atoms with Crippen LogP contribution in [0.4, 0.5) is 0 Å². The Morgan fingerprint density at radius 2 is 1.53 bits per heavy atom. The highest BCUT2D eigenvalue weighted by molar-refractivity contribution is 7.91. The molecule has 1 aliphatic heterocycles. The van der Waals surface area contributed by atoms with Crippen molar-refractivity contribution in [1.29, 1.82) is 0 Å². The largest absolute Gasteiger partial charge is 0.338 e. The van der Waals surface area contributed by atoms with E-state index in [1.54, 1.807) is 17.5 Å². The molecular formula is C25H28N2O3S2. The Hall–Kier alpha value is -2.48. The topological polar surface area (TPSA) is 57.7 Å². The zero-order chi connectivity index (χ0) is 22.4. The van der Waals surface area contributed by atoms with Crippen molar-refractivity contribution in [2.24, 2.45) is 5.92 Å². The second-order valence-electron chi connectivity index (χ2n) is 8.09. The number of benzene rings is 2. The van der Waals surface area contributed by atoms with E-state index in [1.165, 1.54) is 21.2 Å². The van der Waals surface area contributed by atoms with Crippen LogP contribution in [0.2, 0.25) is 0 Å². The molecular weight excluding hydrogens is 440 g/mol. The van der Waals surface area contributed by atoms with Crippen LogP contribution in [-0.4, -0.2) is 43.2 Å². The molecule has 5 nitrogen and oxygen atoms in total. The van der Waals surface area contributed by atoms with Crippen LogP contribution < -0.4 is 0 Å². The summed E-state index contributed by atoms with van der Waals surface area (Å²) in [6, 6.07) is 23.6. The molecule has 1 aliphatic rings. The first-order valence-corrected chi connectivity index (χ1v) is 13.3. The van der Waals surface area contributed by atoms with Crippen molar-refractivity contribution in [3.63, 3.8) is 0 Å². The summed E-state index contributed by atoms with van der Waals surface area (Å²) in [7, 11) is -3.46. The van der Waals surface area contributed by atoms with Gasteiger partial charge in [0.2, 0.25) is 5.91 Å². The molecule has 1 fully saturated rings. The molecule has 0 saturated carbocycles. The maximum absolute atomic E-state index is 13.5. The van der Waals surface area contributed by atoms with Gasteiger partial charge in [0.05, 0.1) is 0 Å². The molecule has 7 heteroatoms. The lowest BCUT2D eigenvalue weighted by Gasteiger charge is -2.33. The predicted octanol–water partition coefficient (Wildman–Crippen LogP) is 4.42. The highest BCUT2D eigenvalue weighted by Crippen LogP contribution is 2.27. The zero-order valence-electron chi connectivity index (χ0n) is 18.0. The van der Waals surface area contributed by atoms with Gasteiger partial charge in [-0.3, -0.25) is 4.79 Å². The van der Waals surface area contributed by atoms with Crippen molar-refractivity contribution in [3.8, 4) is 0 Å². The minimum Gasteiger partial charge on any atom is -0.338 e. The summed E-state index contributed by atoms with van der Waals surface area (Å²) >= 11 is 1.24. The molecule has 2 heterocycles. The number of nitrogens with zero attached hydrogens (tertiary/aromatic N) is 2. The number of hydrogen-bond donors (Lipinski definition) is 0. The molecule has 4 rings (SSSR count). The van der Waals surface area contributed by atoms with E-state index >= 15 is 0 Å². The van der Waals surface area contributed by atoms with Gasteiger partial charge in [0, 0.05) is 32.1 Å². The average molecular weight is 469 g/mol. The van der Waals surface area contributed by atoms with Gasteiger partial charge >= 0.3 is 0 Å². The zero-order valence-corrected chi connectivity index (χ0v) is 19.6. The first kappa shape index (κ1) is 22.7. The summed E-state index contributed by atoms with van der Waals surface area (Å²) in [6.45, 7) is 1.98. The van der Waals surface area contributed by atoms with E-state index in [4.69, 9.17) is 0 Å². The minimum absolute atomic E-state index is 0.123. The monoisotopic (exact) mass is 468 g/mol. The standard InChI is InChI=1S/C25H28N2O3S2/c28-25(23-14-17-27(18-15-23)32(29,30)24-12-7-19-31-24)26(20-22-10-5-2-6-11-22)16-13-21-8-3-1-4-9-21/h1-12,19,23H,13-18,20H2. The Balaban J connectivity index is 1.42. The molecule has 0 N–H and O–H groups in total. The molecule has 1 saturated heterocycles. The fraction of sp³-hybridized carbons (Fsp3) is 0.320. The summed E-state index contributed by atoms with van der Waals surface area (Å²) < 4.78 is 27.5. The molecule has 168 valence electrons. The number of rotatable bonds is 8. The van der Waals surface area contributed by atoms with E-state index in [9.17, 15) is 13.2 Å². The number of amides is 1. The number of piperidine rings is 1. The lowest BCUT2D eigenvalue weighted by molar-refractivity contribution is -0.137. The Bertz CT molecular complexity index is 1090. The SMILES string of the molecule is O=C(C1CCN(S(=O)(=O)c2cccs2)CC1)N(CCc1ccccc1)Cc1ccccc1. The van der Waals surface area contributed by atoms with Crippen LogP contribution in [0.5, 0.6) is 0 Å². The van der Waals surface area contributed by atoms with Gasteiger partial charge in [-0.15, -0.1) is 11.3 Å². The van der Waals surface area contributed by atoms with Gasteiger partial charge < -0.3 is 4.90 Å². The number of carbonyl (C=O) groups excluding carboxylic acids is 1. The second-order valence-corrected chi connectivity index (χ2v) is 11.2. The molecule has 0 bridgehead atoms. The Kier molecular flexibility index (Phi) is 7.40. The van der Waals surface area contributed by atoms with E-state index in [0.29, 0.717) is 43.2 Å². The van der Waals surface area contributed by atoms with Gasteiger partial charge in [0.15, 0.2) is 0 Å². The van der Waals surface area contributed by atoms with Crippen molar-refractivity contribution < 1.29 is 13.2 Å². The third-order valence-electron chi connectivity index (χ3n) is 5.93. The van der Waals surface area contributed by atoms with E-state index in [0.717, 1.165) is 12.0 Å². The molecule has 1 amide bonds. The summed E-state index contributed by atoms with van der Waals surface area (Å²) in [5.74, 6) is -0.0257. The summed E-state index contributed by atoms with van der Waals surface area (Å²) in [4.78, 5) is 15.4. The average Bonchev–Trinajstić information content (AvgIpc) is 3.39. The summed E-state index contributed by atoms with van der Waals surface area (Å²) in [6.07, 6.45) is 1.91. The van der Waals surface area contributed by atoms with Gasteiger partial charge in [-0.1, -0.05) is 66.7 Å². The van der Waals surface area contributed by atoms with Crippen LogP contribution in [-0.2, 0) is 27.8 Å². The molecule has 2 aromatic carbocycles. The van der Waals surface area contributed by atoms with E-state index in [1.807, 2.05) is 53.4 Å². The van der Waals surface area contributed by atoms with Gasteiger partial charge in [-0.05, 0) is 41.8 Å². The lowest BCUT2D eigenvalue weighted by atomic mass is 9.96. The third-order valence-corrected chi connectivity index (χ3v) is 9.21. The van der Waals surface area contributed by atoms with Gasteiger partial charge in [-0.25, -0.2) is 8.42 Å². The van der Waals surface area contributed by atoms with Crippen molar-refractivity contribution in [2.45, 2.75) is 30.0 Å². The number of hydrogen-bond acceptors (Lipinski definition) is 4. The van der Waals surface area contributed by atoms with Crippen molar-refractivity contribution in [3.05, 3.63) is 89.3 Å². The second kappa shape index (κ2) is 10.4. The molecule has 32 heavy (non-hydrogen) atoms. The van der Waals surface area contributed by atoms with Gasteiger partial charge in [-0.2, -0.15) is 4.31 Å². The maximum Gasteiger partial charge on any atom is 0.252 e.